The fourth-order valence-electron chi connectivity index (χ4n) is 2.05. The molecule has 0 saturated heterocycles. The zero-order valence-corrected chi connectivity index (χ0v) is 11.8. The van der Waals surface area contributed by atoms with E-state index in [1.807, 2.05) is 13.8 Å². The molecular weight excluding hydrogens is 198 g/mol. The van der Waals surface area contributed by atoms with E-state index in [1.54, 1.807) is 0 Å². The molecule has 1 unspecified atom stereocenters. The van der Waals surface area contributed by atoms with Crippen molar-refractivity contribution in [2.45, 2.75) is 73.1 Å². The number of oxime groups is 1. The topological polar surface area (TPSA) is 21.6 Å². The maximum atomic E-state index is 5.31. The minimum absolute atomic E-state index is 0.446. The molecule has 0 heterocycles. The molecule has 0 aromatic rings. The molecule has 0 aliphatic carbocycles. The van der Waals surface area contributed by atoms with Crippen LogP contribution < -0.4 is 0 Å². The van der Waals surface area contributed by atoms with Crippen molar-refractivity contribution in [3.05, 3.63) is 0 Å². The highest BCUT2D eigenvalue weighted by Crippen LogP contribution is 2.33. The molecule has 0 spiro atoms. The summed E-state index contributed by atoms with van der Waals surface area (Å²) < 4.78 is 0. The maximum absolute atomic E-state index is 5.31. The van der Waals surface area contributed by atoms with Crippen LogP contribution in [0.1, 0.15) is 73.1 Å². The summed E-state index contributed by atoms with van der Waals surface area (Å²) in [7, 11) is 0. The first-order valence-corrected chi connectivity index (χ1v) is 6.67. The average Bonchev–Trinajstić information content (AvgIpc) is 2.22. The molecule has 0 rings (SSSR count). The van der Waals surface area contributed by atoms with Crippen LogP contribution in [0.5, 0.6) is 0 Å². The van der Waals surface area contributed by atoms with Crippen LogP contribution in [0.4, 0.5) is 0 Å². The molecule has 0 aliphatic rings. The second-order valence-corrected chi connectivity index (χ2v) is 5.29. The highest BCUT2D eigenvalue weighted by molar-refractivity contribution is 5.78. The van der Waals surface area contributed by atoms with E-state index in [-0.39, 0.29) is 0 Å². The minimum atomic E-state index is 0.446. The second kappa shape index (κ2) is 8.60. The normalized spacial score (nSPS) is 14.3. The number of hydrogen-bond acceptors (Lipinski definition) is 2. The van der Waals surface area contributed by atoms with Gasteiger partial charge in [-0.25, -0.2) is 0 Å². The standard InChI is InChI=1S/C14H29NO/c1-6-8-10-14(5,9-7-2)11-12-16-15-13(3)4/h6-12H2,1-5H3. The van der Waals surface area contributed by atoms with E-state index >= 15 is 0 Å². The van der Waals surface area contributed by atoms with Gasteiger partial charge in [0.15, 0.2) is 0 Å². The molecule has 16 heavy (non-hydrogen) atoms. The van der Waals surface area contributed by atoms with Gasteiger partial charge in [0.2, 0.25) is 0 Å². The predicted molar refractivity (Wildman–Crippen MR) is 71.9 cm³/mol. The van der Waals surface area contributed by atoms with E-state index in [0.29, 0.717) is 5.41 Å². The third-order valence-electron chi connectivity index (χ3n) is 3.03. The SMILES string of the molecule is CCCCC(C)(CCC)CCON=C(C)C. The van der Waals surface area contributed by atoms with Crippen LogP contribution >= 0.6 is 0 Å². The van der Waals surface area contributed by atoms with Crippen molar-refractivity contribution < 1.29 is 4.84 Å². The number of hydrogen-bond donors (Lipinski definition) is 0. The molecule has 0 radical (unpaired) electrons. The molecule has 0 aliphatic heterocycles. The molecule has 0 saturated carbocycles. The molecule has 2 heteroatoms. The lowest BCUT2D eigenvalue weighted by Gasteiger charge is -2.28. The van der Waals surface area contributed by atoms with E-state index in [0.717, 1.165) is 18.7 Å². The zero-order chi connectivity index (χ0) is 12.4. The van der Waals surface area contributed by atoms with Crippen molar-refractivity contribution in [3.63, 3.8) is 0 Å². The van der Waals surface area contributed by atoms with Gasteiger partial charge in [-0.15, -0.1) is 0 Å². The van der Waals surface area contributed by atoms with Crippen molar-refractivity contribution in [2.75, 3.05) is 6.61 Å². The van der Waals surface area contributed by atoms with Crippen molar-refractivity contribution in [2.24, 2.45) is 10.6 Å². The smallest absolute Gasteiger partial charge is 0.117 e. The Morgan fingerprint density at radius 2 is 1.75 bits per heavy atom. The first-order valence-electron chi connectivity index (χ1n) is 6.67. The lowest BCUT2D eigenvalue weighted by molar-refractivity contribution is 0.0960. The number of rotatable bonds is 9. The first-order chi connectivity index (χ1) is 7.54. The van der Waals surface area contributed by atoms with Crippen LogP contribution in [-0.4, -0.2) is 12.3 Å². The van der Waals surface area contributed by atoms with Gasteiger partial charge in [-0.2, -0.15) is 0 Å². The summed E-state index contributed by atoms with van der Waals surface area (Å²) in [6, 6.07) is 0. The van der Waals surface area contributed by atoms with Crippen molar-refractivity contribution in [3.8, 4) is 0 Å². The number of nitrogens with zero attached hydrogens (tertiary/aromatic N) is 1. The van der Waals surface area contributed by atoms with Gasteiger partial charge >= 0.3 is 0 Å². The lowest BCUT2D eigenvalue weighted by atomic mass is 9.78. The van der Waals surface area contributed by atoms with Gasteiger partial charge in [-0.05, 0) is 38.5 Å². The molecule has 1 atom stereocenters. The van der Waals surface area contributed by atoms with Gasteiger partial charge in [-0.3, -0.25) is 0 Å². The van der Waals surface area contributed by atoms with Gasteiger partial charge < -0.3 is 4.84 Å². The van der Waals surface area contributed by atoms with Gasteiger partial charge in [0, 0.05) is 0 Å². The fraction of sp³-hybridized carbons (Fsp3) is 0.929. The highest BCUT2D eigenvalue weighted by atomic mass is 16.6. The Morgan fingerprint density at radius 3 is 2.25 bits per heavy atom. The van der Waals surface area contributed by atoms with E-state index in [9.17, 15) is 0 Å². The molecular formula is C14H29NO. The zero-order valence-electron chi connectivity index (χ0n) is 11.8. The van der Waals surface area contributed by atoms with E-state index in [1.165, 1.54) is 32.1 Å². The van der Waals surface area contributed by atoms with Crippen LogP contribution in [0.2, 0.25) is 0 Å². The third kappa shape index (κ3) is 7.72. The van der Waals surface area contributed by atoms with Gasteiger partial charge in [0.25, 0.3) is 0 Å². The van der Waals surface area contributed by atoms with Crippen molar-refractivity contribution in [1.29, 1.82) is 0 Å². The Kier molecular flexibility index (Phi) is 8.32. The highest BCUT2D eigenvalue weighted by Gasteiger charge is 2.22. The van der Waals surface area contributed by atoms with Crippen molar-refractivity contribution in [1.82, 2.24) is 0 Å². The van der Waals surface area contributed by atoms with Gasteiger partial charge in [-0.1, -0.05) is 45.2 Å². The quantitative estimate of drug-likeness (QED) is 0.315. The summed E-state index contributed by atoms with van der Waals surface area (Å²) in [6.07, 6.45) is 7.60. The summed E-state index contributed by atoms with van der Waals surface area (Å²) in [5, 5.41) is 3.98. The lowest BCUT2D eigenvalue weighted by Crippen LogP contribution is -2.18. The first kappa shape index (κ1) is 15.5. The van der Waals surface area contributed by atoms with Crippen molar-refractivity contribution >= 4 is 5.71 Å². The second-order valence-electron chi connectivity index (χ2n) is 5.29. The molecule has 0 aromatic heterocycles. The van der Waals surface area contributed by atoms with Crippen LogP contribution in [0.3, 0.4) is 0 Å². The van der Waals surface area contributed by atoms with Crippen LogP contribution in [0, 0.1) is 5.41 Å². The summed E-state index contributed by atoms with van der Waals surface area (Å²) >= 11 is 0. The van der Waals surface area contributed by atoms with Crippen LogP contribution in [0.25, 0.3) is 0 Å². The monoisotopic (exact) mass is 227 g/mol. The Bertz CT molecular complexity index is 197. The van der Waals surface area contributed by atoms with E-state index in [4.69, 9.17) is 4.84 Å². The molecule has 0 N–H and O–H groups in total. The maximum Gasteiger partial charge on any atom is 0.117 e. The minimum Gasteiger partial charge on any atom is -0.396 e. The van der Waals surface area contributed by atoms with Crippen LogP contribution in [0.15, 0.2) is 5.16 Å². The van der Waals surface area contributed by atoms with Gasteiger partial charge in [0.1, 0.15) is 6.61 Å². The molecule has 96 valence electrons. The Hall–Kier alpha value is -0.530. The molecule has 0 bridgehead atoms. The summed E-state index contributed by atoms with van der Waals surface area (Å²) in [4.78, 5) is 5.31. The third-order valence-corrected chi connectivity index (χ3v) is 3.03. The Balaban J connectivity index is 3.96. The molecule has 0 fully saturated rings. The molecule has 0 aromatic carbocycles. The average molecular weight is 227 g/mol. The Morgan fingerprint density at radius 1 is 1.06 bits per heavy atom. The predicted octanol–water partition coefficient (Wildman–Crippen LogP) is 4.79. The molecule has 2 nitrogen and oxygen atoms in total. The largest absolute Gasteiger partial charge is 0.396 e. The van der Waals surface area contributed by atoms with Crippen LogP contribution in [-0.2, 0) is 4.84 Å². The molecule has 0 amide bonds. The Labute approximate surface area is 101 Å². The summed E-state index contributed by atoms with van der Waals surface area (Å²) in [5.74, 6) is 0. The van der Waals surface area contributed by atoms with E-state index in [2.05, 4.69) is 25.9 Å². The fourth-order valence-corrected chi connectivity index (χ4v) is 2.05. The number of unbranched alkanes of at least 4 members (excludes halogenated alkanes) is 1. The summed E-state index contributed by atoms with van der Waals surface area (Å²) in [6.45, 7) is 11.6. The van der Waals surface area contributed by atoms with E-state index < -0.39 is 0 Å². The summed E-state index contributed by atoms with van der Waals surface area (Å²) in [5.41, 5.74) is 1.44. The van der Waals surface area contributed by atoms with Gasteiger partial charge in [0.05, 0.1) is 5.71 Å².